The maximum Gasteiger partial charge on any atom is 0.192 e. The molecule has 1 saturated carbocycles. The van der Waals surface area contributed by atoms with Gasteiger partial charge in [-0.1, -0.05) is 87.9 Å². The Hall–Kier alpha value is -1.95. The van der Waals surface area contributed by atoms with Crippen molar-refractivity contribution in [1.29, 1.82) is 0 Å². The Morgan fingerprint density at radius 3 is 2.43 bits per heavy atom. The van der Waals surface area contributed by atoms with Crippen LogP contribution >= 0.6 is 0 Å². The zero-order chi connectivity index (χ0) is 24.7. The quantitative estimate of drug-likeness (QED) is 0.216. The highest BCUT2D eigenvalue weighted by atomic mass is 28.4. The Kier molecular flexibility index (Phi) is 6.71. The minimum absolute atomic E-state index is 0.209. The van der Waals surface area contributed by atoms with E-state index in [4.69, 9.17) is 14.3 Å². The molecule has 188 valence electrons. The standard InChI is InChI=1S/C30H42N2O2Si/c1-29(2,3)35(4,5)34-27-18-12-17-25(27)30(28(33-30)20-19-23-13-8-6-9-14-23)22-31-32-21-26(32)24-15-10-7-11-16-24/h6-11,13-16,22,25-28H,12,17-21H2,1-5H3/b31-22-/t25-,26?,27+,28?,30?,32?/m1/s1. The Bertz CT molecular complexity index is 1020. The number of benzene rings is 2. The fourth-order valence-electron chi connectivity index (χ4n) is 5.49. The van der Waals surface area contributed by atoms with Crippen LogP contribution < -0.4 is 0 Å². The van der Waals surface area contributed by atoms with Crippen molar-refractivity contribution < 1.29 is 9.16 Å². The molecule has 5 rings (SSSR count). The first kappa shape index (κ1) is 24.7. The first-order chi connectivity index (χ1) is 16.7. The van der Waals surface area contributed by atoms with E-state index >= 15 is 0 Å². The van der Waals surface area contributed by atoms with Gasteiger partial charge in [0.15, 0.2) is 8.32 Å². The van der Waals surface area contributed by atoms with Crippen molar-refractivity contribution in [3.05, 3.63) is 71.8 Å². The molecule has 3 aliphatic rings. The van der Waals surface area contributed by atoms with Crippen molar-refractivity contribution in [1.82, 2.24) is 5.01 Å². The van der Waals surface area contributed by atoms with Gasteiger partial charge in [0.2, 0.25) is 0 Å². The molecule has 2 aromatic rings. The molecule has 5 heteroatoms. The Labute approximate surface area is 212 Å². The Morgan fingerprint density at radius 2 is 1.74 bits per heavy atom. The number of rotatable bonds is 9. The van der Waals surface area contributed by atoms with Crippen molar-refractivity contribution in [2.75, 3.05) is 6.54 Å². The van der Waals surface area contributed by atoms with Crippen LogP contribution in [-0.2, 0) is 15.6 Å². The summed E-state index contributed by atoms with van der Waals surface area (Å²) in [5, 5.41) is 7.41. The van der Waals surface area contributed by atoms with Crippen LogP contribution in [0.5, 0.6) is 0 Å². The molecule has 35 heavy (non-hydrogen) atoms. The van der Waals surface area contributed by atoms with E-state index in [9.17, 15) is 0 Å². The van der Waals surface area contributed by atoms with Gasteiger partial charge in [0.05, 0.1) is 31.0 Å². The lowest BCUT2D eigenvalue weighted by atomic mass is 9.85. The highest BCUT2D eigenvalue weighted by molar-refractivity contribution is 6.74. The second kappa shape index (κ2) is 9.49. The van der Waals surface area contributed by atoms with Crippen LogP contribution in [0.2, 0.25) is 18.1 Å². The van der Waals surface area contributed by atoms with Crippen LogP contribution in [0.15, 0.2) is 65.8 Å². The van der Waals surface area contributed by atoms with E-state index < -0.39 is 8.32 Å². The van der Waals surface area contributed by atoms with Crippen molar-refractivity contribution in [2.45, 2.75) is 94.9 Å². The Balaban J connectivity index is 1.32. The molecule has 0 amide bonds. The topological polar surface area (TPSA) is 37.1 Å². The van der Waals surface area contributed by atoms with Crippen molar-refractivity contribution in [2.24, 2.45) is 11.0 Å². The molecule has 0 aromatic heterocycles. The molecule has 5 atom stereocenters. The predicted molar refractivity (Wildman–Crippen MR) is 146 cm³/mol. The first-order valence-electron chi connectivity index (χ1n) is 13.5. The molecule has 2 heterocycles. The van der Waals surface area contributed by atoms with Crippen LogP contribution in [0.25, 0.3) is 0 Å². The molecular weight excluding hydrogens is 448 g/mol. The average molecular weight is 491 g/mol. The van der Waals surface area contributed by atoms with E-state index in [-0.39, 0.29) is 22.8 Å². The van der Waals surface area contributed by atoms with Gasteiger partial charge in [-0.15, -0.1) is 0 Å². The molecular formula is C30H42N2O2Si. The summed E-state index contributed by atoms with van der Waals surface area (Å²) in [5.74, 6) is 0.385. The summed E-state index contributed by atoms with van der Waals surface area (Å²) in [6.45, 7) is 12.7. The highest BCUT2D eigenvalue weighted by Crippen LogP contribution is 2.53. The van der Waals surface area contributed by atoms with E-state index in [1.54, 1.807) is 0 Å². The number of nitrogens with zero attached hydrogens (tertiary/aromatic N) is 2. The second-order valence-electron chi connectivity index (χ2n) is 12.2. The molecule has 0 N–H and O–H groups in total. The molecule has 2 aromatic carbocycles. The summed E-state index contributed by atoms with van der Waals surface area (Å²) in [7, 11) is -1.85. The van der Waals surface area contributed by atoms with E-state index in [1.165, 1.54) is 17.5 Å². The van der Waals surface area contributed by atoms with E-state index in [0.717, 1.165) is 32.2 Å². The first-order valence-corrected chi connectivity index (χ1v) is 16.4. The minimum Gasteiger partial charge on any atom is -0.414 e. The lowest BCUT2D eigenvalue weighted by Gasteiger charge is -2.40. The zero-order valence-corrected chi connectivity index (χ0v) is 23.1. The molecule has 4 nitrogen and oxygen atoms in total. The molecule has 2 aliphatic heterocycles. The van der Waals surface area contributed by atoms with Gasteiger partial charge in [-0.05, 0) is 54.9 Å². The number of aryl methyl sites for hydroxylation is 1. The van der Waals surface area contributed by atoms with Gasteiger partial charge < -0.3 is 9.16 Å². The van der Waals surface area contributed by atoms with Gasteiger partial charge in [-0.2, -0.15) is 5.10 Å². The lowest BCUT2D eigenvalue weighted by Crippen LogP contribution is -2.47. The van der Waals surface area contributed by atoms with E-state index in [1.807, 2.05) is 0 Å². The molecule has 2 saturated heterocycles. The summed E-state index contributed by atoms with van der Waals surface area (Å²) < 4.78 is 13.6. The third-order valence-electron chi connectivity index (χ3n) is 8.79. The van der Waals surface area contributed by atoms with E-state index in [0.29, 0.717) is 12.0 Å². The number of ether oxygens (including phenoxy) is 1. The lowest BCUT2D eigenvalue weighted by molar-refractivity contribution is 0.108. The molecule has 1 aliphatic carbocycles. The average Bonchev–Trinajstić information content (AvgIpc) is 3.72. The third kappa shape index (κ3) is 5.28. The molecule has 0 spiro atoms. The normalized spacial score (nSPS) is 30.7. The summed E-state index contributed by atoms with van der Waals surface area (Å²) in [4.78, 5) is 0. The van der Waals surface area contributed by atoms with Gasteiger partial charge >= 0.3 is 0 Å². The predicted octanol–water partition coefficient (Wildman–Crippen LogP) is 6.99. The van der Waals surface area contributed by atoms with Crippen LogP contribution in [0.3, 0.4) is 0 Å². The maximum absolute atomic E-state index is 7.01. The van der Waals surface area contributed by atoms with Crippen molar-refractivity contribution >= 4 is 14.5 Å². The number of hydrazone groups is 1. The van der Waals surface area contributed by atoms with Crippen LogP contribution in [0.1, 0.15) is 63.6 Å². The van der Waals surface area contributed by atoms with Gasteiger partial charge in [-0.3, -0.25) is 5.01 Å². The fraction of sp³-hybridized carbons (Fsp3) is 0.567. The molecule has 0 bridgehead atoms. The molecule has 3 fully saturated rings. The summed E-state index contributed by atoms with van der Waals surface area (Å²) in [5.41, 5.74) is 2.43. The van der Waals surface area contributed by atoms with Gasteiger partial charge in [0, 0.05) is 5.92 Å². The van der Waals surface area contributed by atoms with E-state index in [2.05, 4.69) is 106 Å². The number of hydrogen-bond acceptors (Lipinski definition) is 4. The number of epoxide rings is 1. The minimum atomic E-state index is -1.85. The SMILES string of the molecule is CC(C)(C)[Si](C)(C)O[C@H]1CCC[C@H]1C1(/C=N\N2CC2c2ccccc2)OC1CCc1ccccc1. The Morgan fingerprint density at radius 1 is 1.06 bits per heavy atom. The van der Waals surface area contributed by atoms with Gasteiger partial charge in [-0.25, -0.2) is 0 Å². The van der Waals surface area contributed by atoms with Crippen molar-refractivity contribution in [3.8, 4) is 0 Å². The van der Waals surface area contributed by atoms with Crippen molar-refractivity contribution in [3.63, 3.8) is 0 Å². The third-order valence-corrected chi connectivity index (χ3v) is 13.3. The molecule has 3 unspecified atom stereocenters. The highest BCUT2D eigenvalue weighted by Gasteiger charge is 2.63. The van der Waals surface area contributed by atoms with Crippen LogP contribution in [-0.4, -0.2) is 43.9 Å². The van der Waals surface area contributed by atoms with Crippen LogP contribution in [0.4, 0.5) is 0 Å². The monoisotopic (exact) mass is 490 g/mol. The summed E-state index contributed by atoms with van der Waals surface area (Å²) in [6, 6.07) is 21.9. The smallest absolute Gasteiger partial charge is 0.192 e. The van der Waals surface area contributed by atoms with Gasteiger partial charge in [0.1, 0.15) is 5.60 Å². The number of hydrogen-bond donors (Lipinski definition) is 0. The fourth-order valence-corrected chi connectivity index (χ4v) is 6.88. The summed E-state index contributed by atoms with van der Waals surface area (Å²) >= 11 is 0. The largest absolute Gasteiger partial charge is 0.414 e. The van der Waals surface area contributed by atoms with Gasteiger partial charge in [0.25, 0.3) is 0 Å². The zero-order valence-electron chi connectivity index (χ0n) is 22.1. The second-order valence-corrected chi connectivity index (χ2v) is 17.0. The van der Waals surface area contributed by atoms with Crippen LogP contribution in [0, 0.1) is 5.92 Å². The molecule has 0 radical (unpaired) electrons. The maximum atomic E-state index is 7.01. The summed E-state index contributed by atoms with van der Waals surface area (Å²) in [6.07, 6.45) is 8.24.